The average Bonchev–Trinajstić information content (AvgIpc) is 3.26. The van der Waals surface area contributed by atoms with E-state index in [0.29, 0.717) is 28.1 Å². The number of amides is 1. The van der Waals surface area contributed by atoms with Gasteiger partial charge in [0.2, 0.25) is 0 Å². The molecule has 3 aromatic heterocycles. The number of thiophene rings is 1. The maximum absolute atomic E-state index is 12.5. The monoisotopic (exact) mass is 402 g/mol. The van der Waals surface area contributed by atoms with Crippen LogP contribution in [0.15, 0.2) is 30.3 Å². The molecule has 0 aliphatic carbocycles. The summed E-state index contributed by atoms with van der Waals surface area (Å²) in [4.78, 5) is 17.2. The Labute approximate surface area is 166 Å². The SMILES string of the molecule is Cc1cc(C)n(-c2ccc(N3CCN(C(=O)c4ccc(Cl)s4)CC3)nn2)n1. The lowest BCUT2D eigenvalue weighted by atomic mass is 10.3. The van der Waals surface area contributed by atoms with Gasteiger partial charge in [-0.15, -0.1) is 21.5 Å². The van der Waals surface area contributed by atoms with Crippen LogP contribution >= 0.6 is 22.9 Å². The lowest BCUT2D eigenvalue weighted by molar-refractivity contribution is 0.0751. The smallest absolute Gasteiger partial charge is 0.264 e. The number of anilines is 1. The molecule has 4 heterocycles. The van der Waals surface area contributed by atoms with Crippen LogP contribution in [0.4, 0.5) is 5.82 Å². The molecule has 1 saturated heterocycles. The Kier molecular flexibility index (Phi) is 4.84. The molecule has 140 valence electrons. The van der Waals surface area contributed by atoms with Gasteiger partial charge in [0, 0.05) is 31.9 Å². The van der Waals surface area contributed by atoms with Gasteiger partial charge < -0.3 is 9.80 Å². The van der Waals surface area contributed by atoms with Crippen molar-refractivity contribution >= 4 is 34.7 Å². The highest BCUT2D eigenvalue weighted by Gasteiger charge is 2.24. The summed E-state index contributed by atoms with van der Waals surface area (Å²) < 4.78 is 2.42. The third-order valence-electron chi connectivity index (χ3n) is 4.54. The molecule has 0 radical (unpaired) electrons. The number of aryl methyl sites for hydroxylation is 2. The molecule has 1 amide bonds. The normalized spacial score (nSPS) is 14.6. The zero-order chi connectivity index (χ0) is 19.0. The topological polar surface area (TPSA) is 67.2 Å². The van der Waals surface area contributed by atoms with Gasteiger partial charge in [0.05, 0.1) is 14.9 Å². The second-order valence-electron chi connectivity index (χ2n) is 6.47. The first-order valence-corrected chi connectivity index (χ1v) is 9.87. The molecule has 27 heavy (non-hydrogen) atoms. The highest BCUT2D eigenvalue weighted by atomic mass is 35.5. The number of piperazine rings is 1. The van der Waals surface area contributed by atoms with Gasteiger partial charge in [-0.05, 0) is 44.2 Å². The van der Waals surface area contributed by atoms with Gasteiger partial charge in [0.25, 0.3) is 5.91 Å². The fourth-order valence-corrected chi connectivity index (χ4v) is 4.20. The Bertz CT molecular complexity index is 959. The first-order valence-electron chi connectivity index (χ1n) is 8.68. The predicted molar refractivity (Wildman–Crippen MR) is 106 cm³/mol. The van der Waals surface area contributed by atoms with Gasteiger partial charge in [-0.1, -0.05) is 11.6 Å². The van der Waals surface area contributed by atoms with E-state index < -0.39 is 0 Å². The van der Waals surface area contributed by atoms with E-state index in [-0.39, 0.29) is 5.91 Å². The van der Waals surface area contributed by atoms with Crippen molar-refractivity contribution in [3.8, 4) is 5.82 Å². The molecule has 0 saturated carbocycles. The van der Waals surface area contributed by atoms with Crippen molar-refractivity contribution in [1.29, 1.82) is 0 Å². The zero-order valence-corrected chi connectivity index (χ0v) is 16.7. The van der Waals surface area contributed by atoms with Crippen molar-refractivity contribution in [3.63, 3.8) is 0 Å². The predicted octanol–water partition coefficient (Wildman–Crippen LogP) is 2.96. The Morgan fingerprint density at radius 3 is 2.30 bits per heavy atom. The van der Waals surface area contributed by atoms with Crippen molar-refractivity contribution in [2.24, 2.45) is 0 Å². The highest BCUT2D eigenvalue weighted by molar-refractivity contribution is 7.17. The molecule has 1 aliphatic rings. The van der Waals surface area contributed by atoms with Crippen LogP contribution in [-0.4, -0.2) is 57.0 Å². The number of carbonyl (C=O) groups excluding carboxylic acids is 1. The average molecular weight is 403 g/mol. The fraction of sp³-hybridized carbons (Fsp3) is 0.333. The number of hydrogen-bond acceptors (Lipinski definition) is 6. The zero-order valence-electron chi connectivity index (χ0n) is 15.1. The molecule has 0 atom stereocenters. The van der Waals surface area contributed by atoms with E-state index >= 15 is 0 Å². The number of halogens is 1. The first-order chi connectivity index (χ1) is 13.0. The third kappa shape index (κ3) is 3.68. The van der Waals surface area contributed by atoms with Gasteiger partial charge in [-0.2, -0.15) is 5.10 Å². The van der Waals surface area contributed by atoms with E-state index in [0.717, 1.165) is 30.3 Å². The lowest BCUT2D eigenvalue weighted by Crippen LogP contribution is -2.49. The minimum Gasteiger partial charge on any atom is -0.352 e. The largest absolute Gasteiger partial charge is 0.352 e. The van der Waals surface area contributed by atoms with Crippen LogP contribution in [0, 0.1) is 13.8 Å². The lowest BCUT2D eigenvalue weighted by Gasteiger charge is -2.35. The number of nitrogens with zero attached hydrogens (tertiary/aromatic N) is 6. The molecule has 7 nitrogen and oxygen atoms in total. The standard InChI is InChI=1S/C18H19ClN6OS/c1-12-11-13(2)25(22-12)17-6-5-16(20-21-17)23-7-9-24(10-8-23)18(26)14-3-4-15(19)27-14/h3-6,11H,7-10H2,1-2H3. The third-order valence-corrected chi connectivity index (χ3v) is 5.76. The number of rotatable bonds is 3. The van der Waals surface area contributed by atoms with Crippen LogP contribution in [0.1, 0.15) is 21.1 Å². The molecule has 9 heteroatoms. The molecule has 0 aromatic carbocycles. The van der Waals surface area contributed by atoms with Crippen molar-refractivity contribution in [2.45, 2.75) is 13.8 Å². The van der Waals surface area contributed by atoms with Gasteiger partial charge in [-0.25, -0.2) is 4.68 Å². The second kappa shape index (κ2) is 7.28. The van der Waals surface area contributed by atoms with E-state index in [1.165, 1.54) is 11.3 Å². The molecule has 0 N–H and O–H groups in total. The summed E-state index contributed by atoms with van der Waals surface area (Å²) in [6.45, 7) is 6.69. The Hall–Kier alpha value is -2.45. The Balaban J connectivity index is 1.41. The summed E-state index contributed by atoms with van der Waals surface area (Å²) in [5.74, 6) is 1.55. The van der Waals surface area contributed by atoms with Crippen molar-refractivity contribution in [1.82, 2.24) is 24.9 Å². The molecule has 1 aliphatic heterocycles. The van der Waals surface area contributed by atoms with Crippen LogP contribution in [0.3, 0.4) is 0 Å². The fourth-order valence-electron chi connectivity index (χ4n) is 3.18. The van der Waals surface area contributed by atoms with E-state index in [2.05, 4.69) is 20.2 Å². The van der Waals surface area contributed by atoms with Gasteiger partial charge in [0.15, 0.2) is 11.6 Å². The number of carbonyl (C=O) groups is 1. The van der Waals surface area contributed by atoms with E-state index in [1.807, 2.05) is 36.9 Å². The minimum atomic E-state index is 0.0394. The summed E-state index contributed by atoms with van der Waals surface area (Å²) in [5, 5.41) is 13.1. The highest BCUT2D eigenvalue weighted by Crippen LogP contribution is 2.23. The van der Waals surface area contributed by atoms with Crippen LogP contribution in [0.25, 0.3) is 5.82 Å². The number of hydrogen-bond donors (Lipinski definition) is 0. The van der Waals surface area contributed by atoms with E-state index in [9.17, 15) is 4.79 Å². The van der Waals surface area contributed by atoms with Crippen LogP contribution < -0.4 is 4.90 Å². The Morgan fingerprint density at radius 2 is 1.74 bits per heavy atom. The summed E-state index contributed by atoms with van der Waals surface area (Å²) >= 11 is 7.25. The second-order valence-corrected chi connectivity index (χ2v) is 8.19. The summed E-state index contributed by atoms with van der Waals surface area (Å²) in [6, 6.07) is 9.43. The summed E-state index contributed by atoms with van der Waals surface area (Å²) in [7, 11) is 0. The summed E-state index contributed by atoms with van der Waals surface area (Å²) in [5.41, 5.74) is 1.97. The molecule has 0 bridgehead atoms. The molecule has 3 aromatic rings. The molecule has 0 spiro atoms. The van der Waals surface area contributed by atoms with Crippen LogP contribution in [0.2, 0.25) is 4.34 Å². The van der Waals surface area contributed by atoms with Crippen molar-refractivity contribution in [3.05, 3.63) is 50.9 Å². The minimum absolute atomic E-state index is 0.0394. The molecule has 4 rings (SSSR count). The molecule has 1 fully saturated rings. The first kappa shape index (κ1) is 17.9. The van der Waals surface area contributed by atoms with Crippen molar-refractivity contribution < 1.29 is 4.79 Å². The maximum atomic E-state index is 12.5. The maximum Gasteiger partial charge on any atom is 0.264 e. The van der Waals surface area contributed by atoms with Crippen LogP contribution in [0.5, 0.6) is 0 Å². The Morgan fingerprint density at radius 1 is 1.04 bits per heavy atom. The molecule has 0 unspecified atom stereocenters. The number of aromatic nitrogens is 4. The molecular weight excluding hydrogens is 384 g/mol. The van der Waals surface area contributed by atoms with Crippen LogP contribution in [-0.2, 0) is 0 Å². The van der Waals surface area contributed by atoms with E-state index in [1.54, 1.807) is 16.8 Å². The van der Waals surface area contributed by atoms with Crippen molar-refractivity contribution in [2.75, 3.05) is 31.1 Å². The quantitative estimate of drug-likeness (QED) is 0.673. The van der Waals surface area contributed by atoms with Gasteiger partial charge in [0.1, 0.15) is 0 Å². The molecular formula is C18H19ClN6OS. The van der Waals surface area contributed by atoms with E-state index in [4.69, 9.17) is 11.6 Å². The summed E-state index contributed by atoms with van der Waals surface area (Å²) in [6.07, 6.45) is 0. The van der Waals surface area contributed by atoms with Gasteiger partial charge in [-0.3, -0.25) is 4.79 Å². The van der Waals surface area contributed by atoms with Gasteiger partial charge >= 0.3 is 0 Å².